The van der Waals surface area contributed by atoms with Crippen LogP contribution < -0.4 is 5.73 Å². The van der Waals surface area contributed by atoms with E-state index in [1.54, 1.807) is 6.07 Å². The van der Waals surface area contributed by atoms with Gasteiger partial charge in [0.1, 0.15) is 0 Å². The highest BCUT2D eigenvalue weighted by Gasteiger charge is 2.24. The van der Waals surface area contributed by atoms with Gasteiger partial charge in [0, 0.05) is 5.56 Å². The van der Waals surface area contributed by atoms with Crippen molar-refractivity contribution in [3.63, 3.8) is 0 Å². The van der Waals surface area contributed by atoms with Crippen LogP contribution in [0, 0.1) is 5.92 Å². The number of hydrogen-bond donors (Lipinski definition) is 1. The lowest BCUT2D eigenvalue weighted by atomic mass is 9.84. The second kappa shape index (κ2) is 6.87. The fourth-order valence-corrected chi connectivity index (χ4v) is 3.41. The molecule has 0 spiro atoms. The van der Waals surface area contributed by atoms with Gasteiger partial charge in [-0.2, -0.15) is 0 Å². The van der Waals surface area contributed by atoms with E-state index in [-0.39, 0.29) is 11.9 Å². The van der Waals surface area contributed by atoms with Crippen LogP contribution in [0.3, 0.4) is 0 Å². The molecule has 0 fully saturated rings. The lowest BCUT2D eigenvalue weighted by molar-refractivity contribution is -0.143. The first kappa shape index (κ1) is 16.2. The van der Waals surface area contributed by atoms with Crippen molar-refractivity contribution in [3.05, 3.63) is 64.8 Å². The zero-order chi connectivity index (χ0) is 17.1. The topological polar surface area (TPSA) is 69.4 Å². The highest BCUT2D eigenvalue weighted by Crippen LogP contribution is 2.38. The number of benzene rings is 1. The molecule has 24 heavy (non-hydrogen) atoms. The van der Waals surface area contributed by atoms with E-state index in [2.05, 4.69) is 12.2 Å². The Hall–Kier alpha value is -2.62. The number of allylic oxidation sites excluding steroid dienone is 5. The molecular formula is C20H21NO3. The molecule has 0 saturated heterocycles. The predicted octanol–water partition coefficient (Wildman–Crippen LogP) is 3.40. The fraction of sp³-hybridized carbons (Fsp3) is 0.300. The molecule has 3 rings (SSSR count). The molecule has 0 heterocycles. The average molecular weight is 323 g/mol. The number of primary amides is 1. The molecule has 0 saturated carbocycles. The Bertz CT molecular complexity index is 771. The Balaban J connectivity index is 1.92. The monoisotopic (exact) mass is 323 g/mol. The maximum Gasteiger partial charge on any atom is 0.312 e. The number of ether oxygens (including phenoxy) is 1. The second-order valence-electron chi connectivity index (χ2n) is 6.13. The van der Waals surface area contributed by atoms with Gasteiger partial charge in [0.05, 0.1) is 13.0 Å². The predicted molar refractivity (Wildman–Crippen MR) is 93.1 cm³/mol. The Kier molecular flexibility index (Phi) is 4.65. The molecule has 1 amide bonds. The van der Waals surface area contributed by atoms with Crippen molar-refractivity contribution in [1.82, 2.24) is 0 Å². The molecule has 0 aliphatic heterocycles. The van der Waals surface area contributed by atoms with E-state index in [1.165, 1.54) is 18.3 Å². The third kappa shape index (κ3) is 3.18. The van der Waals surface area contributed by atoms with Crippen LogP contribution in [0.5, 0.6) is 0 Å². The van der Waals surface area contributed by atoms with Crippen molar-refractivity contribution >= 4 is 17.4 Å². The third-order valence-corrected chi connectivity index (χ3v) is 4.67. The molecule has 4 nitrogen and oxygen atoms in total. The number of amides is 1. The number of carbonyl (C=O) groups is 2. The maximum absolute atomic E-state index is 11.8. The number of rotatable bonds is 3. The molecule has 0 radical (unpaired) electrons. The van der Waals surface area contributed by atoms with Crippen molar-refractivity contribution in [2.45, 2.75) is 25.7 Å². The second-order valence-corrected chi connectivity index (χ2v) is 6.13. The van der Waals surface area contributed by atoms with Gasteiger partial charge in [-0.25, -0.2) is 0 Å². The first-order chi connectivity index (χ1) is 11.6. The maximum atomic E-state index is 11.8. The smallest absolute Gasteiger partial charge is 0.312 e. The van der Waals surface area contributed by atoms with E-state index >= 15 is 0 Å². The molecule has 0 bridgehead atoms. The van der Waals surface area contributed by atoms with Crippen LogP contribution in [0.4, 0.5) is 0 Å². The van der Waals surface area contributed by atoms with Crippen LogP contribution in [0.2, 0.25) is 0 Å². The van der Waals surface area contributed by atoms with E-state index in [4.69, 9.17) is 10.5 Å². The zero-order valence-electron chi connectivity index (χ0n) is 13.7. The number of hydrogen-bond acceptors (Lipinski definition) is 3. The van der Waals surface area contributed by atoms with Gasteiger partial charge in [-0.15, -0.1) is 0 Å². The summed E-state index contributed by atoms with van der Waals surface area (Å²) in [5.74, 6) is -0.805. The summed E-state index contributed by atoms with van der Waals surface area (Å²) >= 11 is 0. The Morgan fingerprint density at radius 3 is 2.83 bits per heavy atom. The lowest BCUT2D eigenvalue weighted by Gasteiger charge is -2.20. The van der Waals surface area contributed by atoms with Gasteiger partial charge in [-0.3, -0.25) is 9.59 Å². The summed E-state index contributed by atoms with van der Waals surface area (Å²) in [5.41, 5.74) is 10.6. The van der Waals surface area contributed by atoms with Crippen LogP contribution in [-0.4, -0.2) is 19.0 Å². The number of nitrogens with two attached hydrogens (primary N) is 1. The summed E-state index contributed by atoms with van der Waals surface area (Å²) in [6.45, 7) is 0. The van der Waals surface area contributed by atoms with E-state index < -0.39 is 5.91 Å². The fourth-order valence-electron chi connectivity index (χ4n) is 3.41. The Morgan fingerprint density at radius 1 is 1.25 bits per heavy atom. The van der Waals surface area contributed by atoms with E-state index in [1.807, 2.05) is 24.3 Å². The molecule has 2 aliphatic carbocycles. The first-order valence-corrected chi connectivity index (χ1v) is 8.19. The van der Waals surface area contributed by atoms with Crippen LogP contribution in [-0.2, 0) is 9.53 Å². The van der Waals surface area contributed by atoms with Crippen LogP contribution in [0.15, 0.2) is 53.6 Å². The van der Waals surface area contributed by atoms with Crippen LogP contribution in [0.1, 0.15) is 41.6 Å². The van der Waals surface area contributed by atoms with Crippen molar-refractivity contribution in [2.75, 3.05) is 7.11 Å². The average Bonchev–Trinajstić information content (AvgIpc) is 2.83. The Labute approximate surface area is 141 Å². The van der Waals surface area contributed by atoms with Gasteiger partial charge in [0.25, 0.3) is 0 Å². The zero-order valence-corrected chi connectivity index (χ0v) is 13.7. The largest absolute Gasteiger partial charge is 0.469 e. The van der Waals surface area contributed by atoms with Gasteiger partial charge < -0.3 is 10.5 Å². The van der Waals surface area contributed by atoms with Gasteiger partial charge in [0.15, 0.2) is 0 Å². The standard InChI is InChI=1S/C20H21NO3/c1-24-20(23)14-9-8-13-4-3-7-17(18(13)11-10-14)15-5-2-6-16(12-15)19(21)22/h2,5-9,12,14H,3-4,10-11H2,1H3,(H2,21,22). The van der Waals surface area contributed by atoms with Crippen molar-refractivity contribution in [3.8, 4) is 0 Å². The van der Waals surface area contributed by atoms with Gasteiger partial charge in [-0.05, 0) is 60.1 Å². The SMILES string of the molecule is COC(=O)C1C=CC2=C(CC1)C(c1cccc(C(N)=O)c1)=CCC2. The molecule has 1 atom stereocenters. The third-order valence-electron chi connectivity index (χ3n) is 4.67. The van der Waals surface area contributed by atoms with E-state index in [0.29, 0.717) is 5.56 Å². The Morgan fingerprint density at radius 2 is 2.08 bits per heavy atom. The molecule has 2 aliphatic rings. The van der Waals surface area contributed by atoms with Gasteiger partial charge >= 0.3 is 5.97 Å². The lowest BCUT2D eigenvalue weighted by Crippen LogP contribution is -2.13. The first-order valence-electron chi connectivity index (χ1n) is 8.19. The van der Waals surface area contributed by atoms with E-state index in [0.717, 1.165) is 36.8 Å². The summed E-state index contributed by atoms with van der Waals surface area (Å²) in [6, 6.07) is 7.43. The van der Waals surface area contributed by atoms with Crippen molar-refractivity contribution < 1.29 is 14.3 Å². The molecular weight excluding hydrogens is 302 g/mol. The molecule has 0 aromatic heterocycles. The minimum Gasteiger partial charge on any atom is -0.469 e. The number of methoxy groups -OCH3 is 1. The normalized spacial score (nSPS) is 20.0. The van der Waals surface area contributed by atoms with Gasteiger partial charge in [0.2, 0.25) is 5.91 Å². The van der Waals surface area contributed by atoms with Gasteiger partial charge in [-0.1, -0.05) is 30.4 Å². The molecule has 124 valence electrons. The summed E-state index contributed by atoms with van der Waals surface area (Å²) in [7, 11) is 1.43. The quantitative estimate of drug-likeness (QED) is 0.867. The summed E-state index contributed by atoms with van der Waals surface area (Å²) in [4.78, 5) is 23.3. The molecule has 1 aromatic rings. The highest BCUT2D eigenvalue weighted by atomic mass is 16.5. The van der Waals surface area contributed by atoms with Crippen LogP contribution in [0.25, 0.3) is 5.57 Å². The minimum atomic E-state index is -0.422. The number of esters is 1. The highest BCUT2D eigenvalue weighted by molar-refractivity contribution is 5.94. The molecule has 1 unspecified atom stereocenters. The molecule has 4 heteroatoms. The number of carbonyl (C=O) groups excluding carboxylic acids is 2. The van der Waals surface area contributed by atoms with E-state index in [9.17, 15) is 9.59 Å². The van der Waals surface area contributed by atoms with Crippen LogP contribution >= 0.6 is 0 Å². The summed E-state index contributed by atoms with van der Waals surface area (Å²) < 4.78 is 4.88. The minimum absolute atomic E-state index is 0.188. The molecule has 1 aromatic carbocycles. The molecule has 2 N–H and O–H groups in total. The van der Waals surface area contributed by atoms with Crippen molar-refractivity contribution in [2.24, 2.45) is 11.7 Å². The summed E-state index contributed by atoms with van der Waals surface area (Å²) in [5, 5.41) is 0. The van der Waals surface area contributed by atoms with Crippen molar-refractivity contribution in [1.29, 1.82) is 0 Å². The summed E-state index contributed by atoms with van der Waals surface area (Å²) in [6.07, 6.45) is 9.70.